The van der Waals surface area contributed by atoms with Crippen LogP contribution >= 0.6 is 0 Å². The van der Waals surface area contributed by atoms with Gasteiger partial charge in [0.15, 0.2) is 0 Å². The number of nitrogens with one attached hydrogen (secondary N) is 2. The lowest BCUT2D eigenvalue weighted by molar-refractivity contribution is -0.384. The van der Waals surface area contributed by atoms with Gasteiger partial charge in [-0.25, -0.2) is 10.1 Å². The predicted octanol–water partition coefficient (Wildman–Crippen LogP) is 3.83. The van der Waals surface area contributed by atoms with Gasteiger partial charge in [-0.2, -0.15) is 5.10 Å². The number of carbonyl (C=O) groups excluding carboxylic acids is 1. The van der Waals surface area contributed by atoms with Gasteiger partial charge in [-0.15, -0.1) is 0 Å². The van der Waals surface area contributed by atoms with Crippen LogP contribution in [0.3, 0.4) is 0 Å². The van der Waals surface area contributed by atoms with E-state index in [1.165, 1.54) is 22.9 Å². The molecule has 0 spiro atoms. The van der Waals surface area contributed by atoms with Gasteiger partial charge in [0.25, 0.3) is 17.2 Å². The average molecular weight is 435 g/mol. The van der Waals surface area contributed by atoms with Gasteiger partial charge < -0.3 is 0 Å². The molecule has 0 fully saturated rings. The maximum absolute atomic E-state index is 12.9. The van der Waals surface area contributed by atoms with Gasteiger partial charge in [-0.1, -0.05) is 39.0 Å². The highest BCUT2D eigenvalue weighted by molar-refractivity contribution is 6.01. The fourth-order valence-electron chi connectivity index (χ4n) is 3.28. The molecule has 0 saturated carbocycles. The molecule has 1 amide bonds. The molecule has 0 unspecified atom stereocenters. The van der Waals surface area contributed by atoms with E-state index >= 15 is 0 Å². The van der Waals surface area contributed by atoms with Crippen molar-refractivity contribution in [2.24, 2.45) is 5.10 Å². The molecule has 3 aromatic rings. The molecule has 9 nitrogen and oxygen atoms in total. The van der Waals surface area contributed by atoms with E-state index < -0.39 is 16.4 Å². The highest BCUT2D eigenvalue weighted by Gasteiger charge is 2.18. The standard InChI is InChI=1S/C23H25N5O4/c1-14(24-25-21(29)16-9-11-17(12-10-16)23(3,4)5)20-15(2)26-27(22(20)30)18-7-6-8-19(13-18)28(31)32/h6-13,26H,1-5H3,(H,25,29)/b24-14+. The molecule has 32 heavy (non-hydrogen) atoms. The van der Waals surface area contributed by atoms with Gasteiger partial charge in [-0.3, -0.25) is 24.8 Å². The number of carbonyl (C=O) groups is 1. The second-order valence-corrected chi connectivity index (χ2v) is 8.49. The second kappa shape index (κ2) is 8.62. The van der Waals surface area contributed by atoms with Gasteiger partial charge >= 0.3 is 0 Å². The van der Waals surface area contributed by atoms with Crippen LogP contribution in [0.5, 0.6) is 0 Å². The largest absolute Gasteiger partial charge is 0.295 e. The quantitative estimate of drug-likeness (QED) is 0.359. The minimum absolute atomic E-state index is 0.0192. The van der Waals surface area contributed by atoms with Crippen molar-refractivity contribution < 1.29 is 9.72 Å². The minimum Gasteiger partial charge on any atom is -0.295 e. The first-order valence-corrected chi connectivity index (χ1v) is 10.0. The third kappa shape index (κ3) is 4.66. The van der Waals surface area contributed by atoms with Crippen LogP contribution in [0.1, 0.15) is 54.9 Å². The summed E-state index contributed by atoms with van der Waals surface area (Å²) in [5.41, 5.74) is 4.91. The molecule has 1 heterocycles. The fraction of sp³-hybridized carbons (Fsp3) is 0.261. The van der Waals surface area contributed by atoms with Crippen LogP contribution in [0, 0.1) is 17.0 Å². The van der Waals surface area contributed by atoms with Crippen LogP contribution in [0.2, 0.25) is 0 Å². The first-order valence-electron chi connectivity index (χ1n) is 10.0. The highest BCUT2D eigenvalue weighted by atomic mass is 16.6. The number of nitrogens with zero attached hydrogens (tertiary/aromatic N) is 3. The molecule has 0 radical (unpaired) electrons. The number of hydrazone groups is 1. The molecule has 1 aromatic heterocycles. The number of nitro benzene ring substituents is 1. The molecule has 0 saturated heterocycles. The zero-order chi connectivity index (χ0) is 23.6. The van der Waals surface area contributed by atoms with Crippen molar-refractivity contribution in [3.05, 3.63) is 91.4 Å². The Labute approximate surface area is 184 Å². The number of rotatable bonds is 5. The third-order valence-electron chi connectivity index (χ3n) is 5.07. The number of amides is 1. The maximum atomic E-state index is 12.9. The lowest BCUT2D eigenvalue weighted by Gasteiger charge is -2.18. The van der Waals surface area contributed by atoms with Crippen molar-refractivity contribution in [1.82, 2.24) is 15.2 Å². The Kier molecular flexibility index (Phi) is 6.11. The number of aromatic nitrogens is 2. The molecular weight excluding hydrogens is 410 g/mol. The predicted molar refractivity (Wildman–Crippen MR) is 123 cm³/mol. The van der Waals surface area contributed by atoms with Crippen molar-refractivity contribution in [2.45, 2.75) is 40.0 Å². The summed E-state index contributed by atoms with van der Waals surface area (Å²) in [5.74, 6) is -0.392. The van der Waals surface area contributed by atoms with Crippen LogP contribution < -0.4 is 11.0 Å². The summed E-state index contributed by atoms with van der Waals surface area (Å²) < 4.78 is 1.21. The van der Waals surface area contributed by atoms with E-state index in [1.54, 1.807) is 32.0 Å². The van der Waals surface area contributed by atoms with Gasteiger partial charge in [-0.05, 0) is 43.0 Å². The van der Waals surface area contributed by atoms with Gasteiger partial charge in [0.05, 0.1) is 21.9 Å². The van der Waals surface area contributed by atoms with Gasteiger partial charge in [0, 0.05) is 23.4 Å². The van der Waals surface area contributed by atoms with Crippen LogP contribution in [-0.2, 0) is 5.41 Å². The first-order chi connectivity index (χ1) is 15.0. The molecule has 0 aliphatic heterocycles. The molecule has 2 N–H and O–H groups in total. The molecule has 3 rings (SSSR count). The molecule has 0 aliphatic carbocycles. The number of aryl methyl sites for hydroxylation is 1. The first kappa shape index (κ1) is 22.7. The van der Waals surface area contributed by atoms with E-state index in [4.69, 9.17) is 0 Å². The summed E-state index contributed by atoms with van der Waals surface area (Å²) in [4.78, 5) is 35.9. The van der Waals surface area contributed by atoms with E-state index in [0.717, 1.165) is 5.56 Å². The van der Waals surface area contributed by atoms with Crippen molar-refractivity contribution in [3.63, 3.8) is 0 Å². The molecule has 2 aromatic carbocycles. The molecule has 9 heteroatoms. The number of H-pyrrole nitrogens is 1. The van der Waals surface area contributed by atoms with Crippen LogP contribution in [0.4, 0.5) is 5.69 Å². The van der Waals surface area contributed by atoms with Gasteiger partial charge in [0.2, 0.25) is 0 Å². The van der Waals surface area contributed by atoms with E-state index in [0.29, 0.717) is 22.7 Å². The molecule has 0 atom stereocenters. The monoisotopic (exact) mass is 435 g/mol. The summed E-state index contributed by atoms with van der Waals surface area (Å²) in [6.45, 7) is 9.58. The van der Waals surface area contributed by atoms with Crippen molar-refractivity contribution in [2.75, 3.05) is 0 Å². The highest BCUT2D eigenvalue weighted by Crippen LogP contribution is 2.22. The van der Waals surface area contributed by atoms with Crippen LogP contribution in [0.15, 0.2) is 58.4 Å². The minimum atomic E-state index is -0.526. The van der Waals surface area contributed by atoms with Gasteiger partial charge in [0.1, 0.15) is 0 Å². The number of hydrogen-bond acceptors (Lipinski definition) is 5. The van der Waals surface area contributed by atoms with E-state index in [-0.39, 0.29) is 16.7 Å². The lowest BCUT2D eigenvalue weighted by Crippen LogP contribution is -2.23. The van der Waals surface area contributed by atoms with Crippen molar-refractivity contribution in [3.8, 4) is 5.69 Å². The van der Waals surface area contributed by atoms with E-state index in [2.05, 4.69) is 36.4 Å². The van der Waals surface area contributed by atoms with E-state index in [9.17, 15) is 19.7 Å². The third-order valence-corrected chi connectivity index (χ3v) is 5.07. The number of non-ortho nitro benzene ring substituents is 1. The Balaban J connectivity index is 1.84. The van der Waals surface area contributed by atoms with Crippen molar-refractivity contribution in [1.29, 1.82) is 0 Å². The normalized spacial score (nSPS) is 12.0. The lowest BCUT2D eigenvalue weighted by atomic mass is 9.87. The topological polar surface area (TPSA) is 122 Å². The summed E-state index contributed by atoms with van der Waals surface area (Å²) in [7, 11) is 0. The summed E-state index contributed by atoms with van der Waals surface area (Å²) in [5, 5.41) is 18.0. The zero-order valence-corrected chi connectivity index (χ0v) is 18.6. The SMILES string of the molecule is C/C(=N\NC(=O)c1ccc(C(C)(C)C)cc1)c1c(C)[nH]n(-c2cccc([N+](=O)[O-])c2)c1=O. The number of aromatic amines is 1. The maximum Gasteiger partial charge on any atom is 0.280 e. The summed E-state index contributed by atoms with van der Waals surface area (Å²) in [6.07, 6.45) is 0. The zero-order valence-electron chi connectivity index (χ0n) is 18.6. The van der Waals surface area contributed by atoms with Crippen LogP contribution in [-0.4, -0.2) is 26.3 Å². The Bertz CT molecular complexity index is 1260. The Morgan fingerprint density at radius 2 is 1.81 bits per heavy atom. The smallest absolute Gasteiger partial charge is 0.280 e. The van der Waals surface area contributed by atoms with Crippen molar-refractivity contribution >= 4 is 17.3 Å². The Morgan fingerprint density at radius 3 is 2.41 bits per heavy atom. The number of benzene rings is 2. The Hall–Kier alpha value is -4.01. The number of nitro groups is 1. The molecule has 166 valence electrons. The molecule has 0 bridgehead atoms. The Morgan fingerprint density at radius 1 is 1.16 bits per heavy atom. The fourth-order valence-corrected chi connectivity index (χ4v) is 3.28. The second-order valence-electron chi connectivity index (χ2n) is 8.49. The molecular formula is C23H25N5O4. The molecule has 0 aliphatic rings. The number of hydrogen-bond donors (Lipinski definition) is 2. The van der Waals surface area contributed by atoms with Crippen LogP contribution in [0.25, 0.3) is 5.69 Å². The average Bonchev–Trinajstić information content (AvgIpc) is 3.05. The summed E-state index contributed by atoms with van der Waals surface area (Å²) >= 11 is 0. The van der Waals surface area contributed by atoms with E-state index in [1.807, 2.05) is 12.1 Å². The summed E-state index contributed by atoms with van der Waals surface area (Å²) in [6, 6.07) is 13.0.